The van der Waals surface area contributed by atoms with Gasteiger partial charge >= 0.3 is 5.97 Å². The zero-order valence-electron chi connectivity index (χ0n) is 10.2. The number of carboxylic acid groups (broad SMARTS) is 1. The molecule has 0 spiro atoms. The average molecular weight is 234 g/mol. The van der Waals surface area contributed by atoms with E-state index in [1.165, 1.54) is 0 Å². The molecule has 0 bridgehead atoms. The third-order valence-electron chi connectivity index (χ3n) is 2.41. The van der Waals surface area contributed by atoms with Crippen LogP contribution in [0.1, 0.15) is 42.8 Å². The summed E-state index contributed by atoms with van der Waals surface area (Å²) in [7, 11) is 0. The number of hydrogen-bond donors (Lipinski definition) is 1. The van der Waals surface area contributed by atoms with Gasteiger partial charge in [0, 0.05) is 5.41 Å². The van der Waals surface area contributed by atoms with Gasteiger partial charge in [-0.05, 0) is 13.0 Å². The van der Waals surface area contributed by atoms with E-state index in [4.69, 9.17) is 5.11 Å². The zero-order valence-corrected chi connectivity index (χ0v) is 10.2. The SMILES string of the molecule is Cc1nc2nc(C(=O)O)cc(C(C)(C)C)n2n1. The van der Waals surface area contributed by atoms with Crippen LogP contribution in [-0.2, 0) is 5.41 Å². The summed E-state index contributed by atoms with van der Waals surface area (Å²) in [4.78, 5) is 19.1. The summed E-state index contributed by atoms with van der Waals surface area (Å²) in [5, 5.41) is 13.3. The molecule has 6 nitrogen and oxygen atoms in total. The van der Waals surface area contributed by atoms with E-state index in [-0.39, 0.29) is 11.1 Å². The van der Waals surface area contributed by atoms with Gasteiger partial charge in [-0.25, -0.2) is 14.3 Å². The van der Waals surface area contributed by atoms with Crippen molar-refractivity contribution < 1.29 is 9.90 Å². The molecule has 0 atom stereocenters. The molecule has 0 amide bonds. The van der Waals surface area contributed by atoms with Gasteiger partial charge in [-0.15, -0.1) is 0 Å². The van der Waals surface area contributed by atoms with Crippen molar-refractivity contribution in [3.63, 3.8) is 0 Å². The van der Waals surface area contributed by atoms with Crippen molar-refractivity contribution in [2.45, 2.75) is 33.1 Å². The summed E-state index contributed by atoms with van der Waals surface area (Å²) in [5.74, 6) is -0.156. The van der Waals surface area contributed by atoms with Gasteiger partial charge in [0.1, 0.15) is 5.82 Å². The Bertz CT molecular complexity index is 595. The van der Waals surface area contributed by atoms with Crippen molar-refractivity contribution in [3.8, 4) is 0 Å². The van der Waals surface area contributed by atoms with Crippen molar-refractivity contribution >= 4 is 11.7 Å². The molecule has 90 valence electrons. The molecule has 2 heterocycles. The molecule has 0 saturated carbocycles. The monoisotopic (exact) mass is 234 g/mol. The minimum Gasteiger partial charge on any atom is -0.477 e. The standard InChI is InChI=1S/C11H14N4O2/c1-6-12-10-13-7(9(16)17)5-8(11(2,3)4)15(10)14-6/h5H,1-4H3,(H,16,17). The maximum Gasteiger partial charge on any atom is 0.354 e. The summed E-state index contributed by atoms with van der Waals surface area (Å²) in [5.41, 5.74) is 0.543. The number of aromatic carboxylic acids is 1. The number of aryl methyl sites for hydroxylation is 1. The summed E-state index contributed by atoms with van der Waals surface area (Å²) >= 11 is 0. The second kappa shape index (κ2) is 3.51. The lowest BCUT2D eigenvalue weighted by molar-refractivity contribution is 0.0690. The maximum atomic E-state index is 11.0. The molecule has 0 aliphatic heterocycles. The fourth-order valence-electron chi connectivity index (χ4n) is 1.61. The average Bonchev–Trinajstić information content (AvgIpc) is 2.54. The Morgan fingerprint density at radius 2 is 2.00 bits per heavy atom. The molecule has 0 aromatic carbocycles. The van der Waals surface area contributed by atoms with E-state index in [1.54, 1.807) is 17.5 Å². The van der Waals surface area contributed by atoms with Gasteiger partial charge in [0.15, 0.2) is 5.69 Å². The number of carbonyl (C=O) groups is 1. The van der Waals surface area contributed by atoms with Crippen LogP contribution in [0.3, 0.4) is 0 Å². The molecule has 2 rings (SSSR count). The van der Waals surface area contributed by atoms with Crippen LogP contribution in [0.25, 0.3) is 5.78 Å². The third kappa shape index (κ3) is 1.98. The summed E-state index contributed by atoms with van der Waals surface area (Å²) < 4.78 is 1.60. The Balaban J connectivity index is 2.82. The first-order valence-electron chi connectivity index (χ1n) is 5.27. The largest absolute Gasteiger partial charge is 0.477 e. The van der Waals surface area contributed by atoms with Gasteiger partial charge in [-0.3, -0.25) is 0 Å². The van der Waals surface area contributed by atoms with Gasteiger partial charge in [-0.2, -0.15) is 10.1 Å². The van der Waals surface area contributed by atoms with E-state index in [9.17, 15) is 4.79 Å². The van der Waals surface area contributed by atoms with Crippen LogP contribution < -0.4 is 0 Å². The lowest BCUT2D eigenvalue weighted by atomic mass is 9.91. The number of carboxylic acids is 1. The van der Waals surface area contributed by atoms with Crippen LogP contribution in [0, 0.1) is 6.92 Å². The molecule has 6 heteroatoms. The molecule has 0 unspecified atom stereocenters. The summed E-state index contributed by atoms with van der Waals surface area (Å²) in [6, 6.07) is 1.55. The van der Waals surface area contributed by atoms with Crippen LogP contribution in [0.15, 0.2) is 6.07 Å². The van der Waals surface area contributed by atoms with Gasteiger partial charge in [0.25, 0.3) is 5.78 Å². The normalized spacial score (nSPS) is 12.0. The second-order valence-electron chi connectivity index (χ2n) is 4.95. The van der Waals surface area contributed by atoms with Crippen molar-refractivity contribution in [1.29, 1.82) is 0 Å². The van der Waals surface area contributed by atoms with Gasteiger partial charge in [0.05, 0.1) is 5.69 Å². The molecule has 0 radical (unpaired) electrons. The molecule has 2 aromatic rings. The Kier molecular flexibility index (Phi) is 2.38. The highest BCUT2D eigenvalue weighted by atomic mass is 16.4. The fraction of sp³-hybridized carbons (Fsp3) is 0.455. The predicted octanol–water partition coefficient (Wildman–Crippen LogP) is 1.43. The predicted molar refractivity (Wildman–Crippen MR) is 61.2 cm³/mol. The zero-order chi connectivity index (χ0) is 12.8. The molecule has 0 aliphatic carbocycles. The van der Waals surface area contributed by atoms with Crippen LogP contribution in [-0.4, -0.2) is 30.7 Å². The Morgan fingerprint density at radius 1 is 1.35 bits per heavy atom. The first-order valence-corrected chi connectivity index (χ1v) is 5.27. The van der Waals surface area contributed by atoms with Gasteiger partial charge in [-0.1, -0.05) is 20.8 Å². The first kappa shape index (κ1) is 11.5. The van der Waals surface area contributed by atoms with Crippen LogP contribution in [0.5, 0.6) is 0 Å². The minimum absolute atomic E-state index is 0.00479. The highest BCUT2D eigenvalue weighted by Crippen LogP contribution is 2.22. The number of rotatable bonds is 1. The number of nitrogens with zero attached hydrogens (tertiary/aromatic N) is 4. The topological polar surface area (TPSA) is 80.4 Å². The van der Waals surface area contributed by atoms with Crippen LogP contribution in [0.4, 0.5) is 0 Å². The first-order chi connectivity index (χ1) is 7.79. The Labute approximate surface area is 98.3 Å². The number of fused-ring (bicyclic) bond motifs is 1. The van der Waals surface area contributed by atoms with Crippen molar-refractivity contribution in [2.75, 3.05) is 0 Å². The maximum absolute atomic E-state index is 11.0. The molecule has 17 heavy (non-hydrogen) atoms. The van der Waals surface area contributed by atoms with Crippen molar-refractivity contribution in [2.24, 2.45) is 0 Å². The van der Waals surface area contributed by atoms with Crippen LogP contribution in [0.2, 0.25) is 0 Å². The smallest absolute Gasteiger partial charge is 0.354 e. The van der Waals surface area contributed by atoms with E-state index < -0.39 is 5.97 Å². The van der Waals surface area contributed by atoms with E-state index in [0.29, 0.717) is 11.6 Å². The van der Waals surface area contributed by atoms with Gasteiger partial charge < -0.3 is 5.11 Å². The third-order valence-corrected chi connectivity index (χ3v) is 2.41. The van der Waals surface area contributed by atoms with Crippen molar-refractivity contribution in [1.82, 2.24) is 19.6 Å². The summed E-state index contributed by atoms with van der Waals surface area (Å²) in [6.07, 6.45) is 0. The van der Waals surface area contributed by atoms with Crippen LogP contribution >= 0.6 is 0 Å². The lowest BCUT2D eigenvalue weighted by Crippen LogP contribution is -2.19. The molecule has 0 saturated heterocycles. The van der Waals surface area contributed by atoms with E-state index in [0.717, 1.165) is 5.69 Å². The number of hydrogen-bond acceptors (Lipinski definition) is 4. The van der Waals surface area contributed by atoms with Crippen molar-refractivity contribution in [3.05, 3.63) is 23.3 Å². The fourth-order valence-corrected chi connectivity index (χ4v) is 1.61. The molecular weight excluding hydrogens is 220 g/mol. The van der Waals surface area contributed by atoms with E-state index >= 15 is 0 Å². The molecular formula is C11H14N4O2. The quantitative estimate of drug-likeness (QED) is 0.807. The highest BCUT2D eigenvalue weighted by molar-refractivity contribution is 5.86. The minimum atomic E-state index is -1.06. The molecule has 0 aliphatic rings. The number of aromatic nitrogens is 4. The summed E-state index contributed by atoms with van der Waals surface area (Å²) in [6.45, 7) is 7.72. The molecule has 2 aromatic heterocycles. The second-order valence-corrected chi connectivity index (χ2v) is 4.95. The Morgan fingerprint density at radius 3 is 2.53 bits per heavy atom. The molecule has 0 fully saturated rings. The van der Waals surface area contributed by atoms with E-state index in [2.05, 4.69) is 15.1 Å². The highest BCUT2D eigenvalue weighted by Gasteiger charge is 2.22. The lowest BCUT2D eigenvalue weighted by Gasteiger charge is -2.19. The Hall–Kier alpha value is -1.98. The van der Waals surface area contributed by atoms with Gasteiger partial charge in [0.2, 0.25) is 0 Å². The van der Waals surface area contributed by atoms with E-state index in [1.807, 2.05) is 20.8 Å². The molecule has 1 N–H and O–H groups in total.